The van der Waals surface area contributed by atoms with E-state index in [2.05, 4.69) is 10.1 Å². The fourth-order valence-electron chi connectivity index (χ4n) is 3.26. The Bertz CT molecular complexity index is 1020. The molecule has 1 amide bonds. The van der Waals surface area contributed by atoms with Crippen LogP contribution in [0.5, 0.6) is 11.5 Å². The van der Waals surface area contributed by atoms with E-state index in [4.69, 9.17) is 25.6 Å². The first-order valence-corrected chi connectivity index (χ1v) is 9.08. The van der Waals surface area contributed by atoms with Crippen molar-refractivity contribution in [1.29, 1.82) is 0 Å². The summed E-state index contributed by atoms with van der Waals surface area (Å²) in [5.74, 6) is 1.89. The minimum absolute atomic E-state index is 0.00173. The van der Waals surface area contributed by atoms with E-state index in [0.717, 1.165) is 11.3 Å². The van der Waals surface area contributed by atoms with Gasteiger partial charge in [0, 0.05) is 29.2 Å². The molecule has 0 N–H and O–H groups in total. The molecule has 0 bridgehead atoms. The van der Waals surface area contributed by atoms with Gasteiger partial charge >= 0.3 is 0 Å². The third-order valence-corrected chi connectivity index (χ3v) is 4.91. The van der Waals surface area contributed by atoms with Crippen molar-refractivity contribution in [1.82, 2.24) is 10.1 Å². The van der Waals surface area contributed by atoms with Crippen LogP contribution in [0.4, 0.5) is 5.69 Å². The molecule has 1 fully saturated rings. The Labute approximate surface area is 166 Å². The molecule has 0 unspecified atom stereocenters. The Morgan fingerprint density at radius 2 is 1.96 bits per heavy atom. The summed E-state index contributed by atoms with van der Waals surface area (Å²) in [6.07, 6.45) is 0.306. The van der Waals surface area contributed by atoms with Crippen LogP contribution in [0.3, 0.4) is 0 Å². The van der Waals surface area contributed by atoms with Gasteiger partial charge in [-0.3, -0.25) is 4.79 Å². The molecule has 3 aromatic rings. The van der Waals surface area contributed by atoms with Gasteiger partial charge in [0.15, 0.2) is 11.5 Å². The predicted molar refractivity (Wildman–Crippen MR) is 104 cm³/mol. The lowest BCUT2D eigenvalue weighted by Crippen LogP contribution is -2.24. The van der Waals surface area contributed by atoms with E-state index < -0.39 is 0 Å². The highest BCUT2D eigenvalue weighted by molar-refractivity contribution is 6.30. The summed E-state index contributed by atoms with van der Waals surface area (Å²) in [6.45, 7) is 0.465. The summed E-state index contributed by atoms with van der Waals surface area (Å²) < 4.78 is 16.0. The number of aromatic nitrogens is 2. The number of hydrogen-bond donors (Lipinski definition) is 0. The van der Waals surface area contributed by atoms with Gasteiger partial charge in [-0.1, -0.05) is 22.8 Å². The Morgan fingerprint density at radius 3 is 2.71 bits per heavy atom. The molecule has 2 heterocycles. The van der Waals surface area contributed by atoms with Crippen LogP contribution in [0.2, 0.25) is 5.02 Å². The number of carbonyl (C=O) groups is 1. The number of nitrogens with zero attached hydrogens (tertiary/aromatic N) is 3. The molecule has 4 rings (SSSR count). The second-order valence-electron chi connectivity index (χ2n) is 6.41. The number of hydrogen-bond acceptors (Lipinski definition) is 6. The molecule has 1 atom stereocenters. The third-order valence-electron chi connectivity index (χ3n) is 4.68. The zero-order chi connectivity index (χ0) is 19.7. The topological polar surface area (TPSA) is 77.7 Å². The van der Waals surface area contributed by atoms with Crippen LogP contribution in [0.1, 0.15) is 18.2 Å². The standard InChI is InChI=1S/C20H18ClN3O4/c1-26-16-7-6-12(8-17(16)27-2)19-22-20(28-23-19)13-9-18(25)24(11-13)15-5-3-4-14(21)10-15/h3-8,10,13H,9,11H2,1-2H3/t13-/m0/s1. The molecule has 7 nitrogen and oxygen atoms in total. The van der Waals surface area contributed by atoms with Crippen LogP contribution in [0, 0.1) is 0 Å². The first-order valence-electron chi connectivity index (χ1n) is 8.71. The van der Waals surface area contributed by atoms with E-state index in [1.165, 1.54) is 0 Å². The van der Waals surface area contributed by atoms with Crippen LogP contribution in [-0.4, -0.2) is 36.8 Å². The minimum atomic E-state index is -0.173. The van der Waals surface area contributed by atoms with E-state index in [9.17, 15) is 4.79 Å². The van der Waals surface area contributed by atoms with E-state index in [0.29, 0.717) is 41.2 Å². The summed E-state index contributed by atoms with van der Waals surface area (Å²) in [5, 5.41) is 4.65. The van der Waals surface area contributed by atoms with Gasteiger partial charge in [0.25, 0.3) is 0 Å². The summed E-state index contributed by atoms with van der Waals surface area (Å²) in [7, 11) is 3.14. The van der Waals surface area contributed by atoms with Crippen LogP contribution in [-0.2, 0) is 4.79 Å². The number of halogens is 1. The number of anilines is 1. The average Bonchev–Trinajstić information content (AvgIpc) is 3.34. The maximum absolute atomic E-state index is 12.5. The highest BCUT2D eigenvalue weighted by atomic mass is 35.5. The van der Waals surface area contributed by atoms with Crippen LogP contribution in [0.25, 0.3) is 11.4 Å². The fourth-order valence-corrected chi connectivity index (χ4v) is 3.44. The molecule has 2 aromatic carbocycles. The number of carbonyl (C=O) groups excluding carboxylic acids is 1. The summed E-state index contributed by atoms with van der Waals surface area (Å²) >= 11 is 6.04. The molecule has 8 heteroatoms. The van der Waals surface area contributed by atoms with Crippen molar-refractivity contribution in [3.63, 3.8) is 0 Å². The molecule has 0 aliphatic carbocycles. The van der Waals surface area contributed by atoms with E-state index in [-0.39, 0.29) is 11.8 Å². The molecule has 1 aliphatic heterocycles. The first-order chi connectivity index (χ1) is 13.6. The highest BCUT2D eigenvalue weighted by Crippen LogP contribution is 2.34. The van der Waals surface area contributed by atoms with Crippen molar-refractivity contribution in [2.24, 2.45) is 0 Å². The van der Waals surface area contributed by atoms with Gasteiger partial charge < -0.3 is 18.9 Å². The largest absolute Gasteiger partial charge is 0.493 e. The van der Waals surface area contributed by atoms with Crippen molar-refractivity contribution in [3.8, 4) is 22.9 Å². The Morgan fingerprint density at radius 1 is 1.14 bits per heavy atom. The summed E-state index contributed by atoms with van der Waals surface area (Å²) in [4.78, 5) is 18.6. The summed E-state index contributed by atoms with van der Waals surface area (Å²) in [5.41, 5.74) is 1.50. The van der Waals surface area contributed by atoms with Gasteiger partial charge in [-0.2, -0.15) is 4.98 Å². The fraction of sp³-hybridized carbons (Fsp3) is 0.250. The highest BCUT2D eigenvalue weighted by Gasteiger charge is 2.35. The molecule has 1 saturated heterocycles. The molecular weight excluding hydrogens is 382 g/mol. The van der Waals surface area contributed by atoms with Crippen molar-refractivity contribution < 1.29 is 18.8 Å². The maximum Gasteiger partial charge on any atom is 0.232 e. The Hall–Kier alpha value is -3.06. The molecule has 0 spiro atoms. The zero-order valence-corrected chi connectivity index (χ0v) is 16.1. The number of amides is 1. The number of rotatable bonds is 5. The minimum Gasteiger partial charge on any atom is -0.493 e. The van der Waals surface area contributed by atoms with Crippen LogP contribution < -0.4 is 14.4 Å². The molecule has 0 radical (unpaired) electrons. The van der Waals surface area contributed by atoms with Gasteiger partial charge in [0.05, 0.1) is 20.1 Å². The van der Waals surface area contributed by atoms with E-state index in [1.807, 2.05) is 18.2 Å². The zero-order valence-electron chi connectivity index (χ0n) is 15.4. The Kier molecular flexibility index (Phi) is 4.92. The summed E-state index contributed by atoms with van der Waals surface area (Å²) in [6, 6.07) is 12.6. The van der Waals surface area contributed by atoms with Gasteiger partial charge in [-0.05, 0) is 36.4 Å². The second kappa shape index (κ2) is 7.52. The number of ether oxygens (including phenoxy) is 2. The van der Waals surface area contributed by atoms with Crippen molar-refractivity contribution in [3.05, 3.63) is 53.4 Å². The molecular formula is C20H18ClN3O4. The monoisotopic (exact) mass is 399 g/mol. The SMILES string of the molecule is COc1ccc(-c2noc([C@H]3CC(=O)N(c4cccc(Cl)c4)C3)n2)cc1OC. The van der Waals surface area contributed by atoms with Gasteiger partial charge in [0.1, 0.15) is 0 Å². The Balaban J connectivity index is 1.56. The first kappa shape index (κ1) is 18.3. The van der Waals surface area contributed by atoms with Crippen molar-refractivity contribution >= 4 is 23.2 Å². The normalized spacial score (nSPS) is 16.5. The van der Waals surface area contributed by atoms with Gasteiger partial charge in [-0.15, -0.1) is 0 Å². The second-order valence-corrected chi connectivity index (χ2v) is 6.85. The number of methoxy groups -OCH3 is 2. The lowest BCUT2D eigenvalue weighted by atomic mass is 10.1. The van der Waals surface area contributed by atoms with Crippen molar-refractivity contribution in [2.75, 3.05) is 25.7 Å². The van der Waals surface area contributed by atoms with E-state index in [1.54, 1.807) is 43.4 Å². The molecule has 28 heavy (non-hydrogen) atoms. The maximum atomic E-state index is 12.5. The third kappa shape index (κ3) is 3.41. The van der Waals surface area contributed by atoms with Crippen molar-refractivity contribution in [2.45, 2.75) is 12.3 Å². The number of benzene rings is 2. The van der Waals surface area contributed by atoms with Gasteiger partial charge in [-0.25, -0.2) is 0 Å². The van der Waals surface area contributed by atoms with E-state index >= 15 is 0 Å². The predicted octanol–water partition coefficient (Wildman–Crippen LogP) is 3.93. The van der Waals surface area contributed by atoms with Gasteiger partial charge in [0.2, 0.25) is 17.6 Å². The lowest BCUT2D eigenvalue weighted by molar-refractivity contribution is -0.117. The molecule has 0 saturated carbocycles. The molecule has 144 valence electrons. The average molecular weight is 400 g/mol. The van der Waals surface area contributed by atoms with Crippen LogP contribution >= 0.6 is 11.6 Å². The quantitative estimate of drug-likeness (QED) is 0.647. The van der Waals surface area contributed by atoms with Crippen LogP contribution in [0.15, 0.2) is 47.0 Å². The smallest absolute Gasteiger partial charge is 0.232 e. The lowest BCUT2D eigenvalue weighted by Gasteiger charge is -2.16. The molecule has 1 aromatic heterocycles. The molecule has 1 aliphatic rings.